The van der Waals surface area contributed by atoms with Gasteiger partial charge in [0.2, 0.25) is 0 Å². The number of rotatable bonds is 6. The monoisotopic (exact) mass is 243 g/mol. The Kier molecular flexibility index (Phi) is 5.84. The lowest BCUT2D eigenvalue weighted by atomic mass is 9.87. The minimum absolute atomic E-state index is 0.639. The van der Waals surface area contributed by atoms with Crippen molar-refractivity contribution < 1.29 is 0 Å². The van der Waals surface area contributed by atoms with Gasteiger partial charge in [0.25, 0.3) is 0 Å². The fourth-order valence-corrected chi connectivity index (χ4v) is 2.43. The standard InChI is InChI=1S/C17H25N/c1-6-16(9-8-10-18-7-2)17-12-14(4)13(3)11-15(17)5/h7,10-12,16H,2,6,8-9H2,1,3-5H3. The van der Waals surface area contributed by atoms with Gasteiger partial charge in [0.15, 0.2) is 0 Å². The molecule has 0 aromatic heterocycles. The molecule has 0 aliphatic rings. The van der Waals surface area contributed by atoms with Gasteiger partial charge in [-0.3, -0.25) is 4.99 Å². The minimum Gasteiger partial charge on any atom is -0.270 e. The number of aryl methyl sites for hydroxylation is 3. The molecular formula is C17H25N. The Morgan fingerprint density at radius 1 is 1.17 bits per heavy atom. The highest BCUT2D eigenvalue weighted by molar-refractivity contribution is 5.58. The highest BCUT2D eigenvalue weighted by Crippen LogP contribution is 2.29. The molecule has 0 saturated carbocycles. The summed E-state index contributed by atoms with van der Waals surface area (Å²) in [6.45, 7) is 12.5. The Labute approximate surface area is 112 Å². The average Bonchev–Trinajstić information content (AvgIpc) is 2.35. The summed E-state index contributed by atoms with van der Waals surface area (Å²) in [4.78, 5) is 4.06. The second-order valence-electron chi connectivity index (χ2n) is 4.99. The van der Waals surface area contributed by atoms with Crippen LogP contribution in [0.25, 0.3) is 0 Å². The van der Waals surface area contributed by atoms with E-state index >= 15 is 0 Å². The molecule has 0 aliphatic heterocycles. The third-order valence-electron chi connectivity index (χ3n) is 3.67. The van der Waals surface area contributed by atoms with Gasteiger partial charge in [-0.1, -0.05) is 25.6 Å². The number of hydrogen-bond acceptors (Lipinski definition) is 1. The van der Waals surface area contributed by atoms with Crippen LogP contribution in [0.15, 0.2) is 29.9 Å². The van der Waals surface area contributed by atoms with Gasteiger partial charge in [0.1, 0.15) is 0 Å². The quantitative estimate of drug-likeness (QED) is 0.616. The Hall–Kier alpha value is -1.37. The van der Waals surface area contributed by atoms with Crippen LogP contribution in [0.5, 0.6) is 0 Å². The molecule has 0 amide bonds. The summed E-state index contributed by atoms with van der Waals surface area (Å²) >= 11 is 0. The summed E-state index contributed by atoms with van der Waals surface area (Å²) in [5.41, 5.74) is 5.71. The summed E-state index contributed by atoms with van der Waals surface area (Å²) < 4.78 is 0. The number of aliphatic imine (C=N–C) groups is 1. The first-order chi connectivity index (χ1) is 8.60. The lowest BCUT2D eigenvalue weighted by molar-refractivity contribution is 0.620. The van der Waals surface area contributed by atoms with Gasteiger partial charge in [0.05, 0.1) is 0 Å². The van der Waals surface area contributed by atoms with Crippen molar-refractivity contribution in [3.63, 3.8) is 0 Å². The summed E-state index contributed by atoms with van der Waals surface area (Å²) in [6, 6.07) is 4.68. The molecule has 0 heterocycles. The Balaban J connectivity index is 2.84. The molecule has 1 atom stereocenters. The molecule has 0 N–H and O–H groups in total. The third kappa shape index (κ3) is 3.83. The van der Waals surface area contributed by atoms with E-state index in [0.29, 0.717) is 5.92 Å². The van der Waals surface area contributed by atoms with E-state index < -0.39 is 0 Å². The van der Waals surface area contributed by atoms with Crippen molar-refractivity contribution in [3.05, 3.63) is 47.2 Å². The summed E-state index contributed by atoms with van der Waals surface area (Å²) in [5.74, 6) is 0.639. The van der Waals surface area contributed by atoms with Crippen molar-refractivity contribution >= 4 is 6.21 Å². The molecule has 1 unspecified atom stereocenters. The zero-order chi connectivity index (χ0) is 13.5. The maximum Gasteiger partial charge on any atom is 0.0191 e. The van der Waals surface area contributed by atoms with Crippen molar-refractivity contribution in [2.24, 2.45) is 4.99 Å². The fourth-order valence-electron chi connectivity index (χ4n) is 2.43. The first-order valence-corrected chi connectivity index (χ1v) is 6.80. The second-order valence-corrected chi connectivity index (χ2v) is 4.99. The Morgan fingerprint density at radius 2 is 1.83 bits per heavy atom. The van der Waals surface area contributed by atoms with E-state index in [2.05, 4.69) is 51.4 Å². The Bertz CT molecular complexity index is 429. The molecule has 0 bridgehead atoms. The largest absolute Gasteiger partial charge is 0.270 e. The van der Waals surface area contributed by atoms with Crippen molar-refractivity contribution in [2.45, 2.75) is 52.9 Å². The first-order valence-electron chi connectivity index (χ1n) is 6.80. The van der Waals surface area contributed by atoms with Crippen LogP contribution in [0, 0.1) is 20.8 Å². The molecule has 1 heteroatoms. The van der Waals surface area contributed by atoms with E-state index in [0.717, 1.165) is 12.8 Å². The second kappa shape index (κ2) is 7.15. The predicted molar refractivity (Wildman–Crippen MR) is 81.6 cm³/mol. The summed E-state index contributed by atoms with van der Waals surface area (Å²) in [5, 5.41) is 0. The molecule has 1 nitrogen and oxygen atoms in total. The van der Waals surface area contributed by atoms with Gasteiger partial charge in [0, 0.05) is 12.4 Å². The average molecular weight is 243 g/mol. The maximum atomic E-state index is 4.06. The van der Waals surface area contributed by atoms with Crippen molar-refractivity contribution in [2.75, 3.05) is 0 Å². The van der Waals surface area contributed by atoms with Gasteiger partial charge in [-0.2, -0.15) is 0 Å². The molecule has 0 radical (unpaired) electrons. The molecule has 98 valence electrons. The molecular weight excluding hydrogens is 218 g/mol. The van der Waals surface area contributed by atoms with Crippen LogP contribution in [0.3, 0.4) is 0 Å². The summed E-state index contributed by atoms with van der Waals surface area (Å²) in [7, 11) is 0. The van der Waals surface area contributed by atoms with Crippen LogP contribution in [-0.4, -0.2) is 6.21 Å². The van der Waals surface area contributed by atoms with Crippen LogP contribution in [-0.2, 0) is 0 Å². The van der Waals surface area contributed by atoms with E-state index in [-0.39, 0.29) is 0 Å². The number of benzene rings is 1. The third-order valence-corrected chi connectivity index (χ3v) is 3.67. The molecule has 1 aromatic carbocycles. The molecule has 0 spiro atoms. The topological polar surface area (TPSA) is 12.4 Å². The van der Waals surface area contributed by atoms with Crippen molar-refractivity contribution in [3.8, 4) is 0 Å². The molecule has 1 aromatic rings. The summed E-state index contributed by atoms with van der Waals surface area (Å²) in [6.07, 6.45) is 6.94. The normalized spacial score (nSPS) is 12.9. The SMILES string of the molecule is C=CN=CCCC(CC)c1cc(C)c(C)cc1C. The molecule has 0 aliphatic carbocycles. The van der Waals surface area contributed by atoms with Gasteiger partial charge in [-0.05, 0) is 68.2 Å². The highest BCUT2D eigenvalue weighted by Gasteiger charge is 2.12. The number of hydrogen-bond donors (Lipinski definition) is 0. The maximum absolute atomic E-state index is 4.06. The minimum atomic E-state index is 0.639. The molecule has 0 saturated heterocycles. The van der Waals surface area contributed by atoms with E-state index in [4.69, 9.17) is 0 Å². The van der Waals surface area contributed by atoms with Crippen LogP contribution in [0.2, 0.25) is 0 Å². The van der Waals surface area contributed by atoms with Crippen molar-refractivity contribution in [1.29, 1.82) is 0 Å². The highest BCUT2D eigenvalue weighted by atomic mass is 14.6. The van der Waals surface area contributed by atoms with Crippen molar-refractivity contribution in [1.82, 2.24) is 0 Å². The number of nitrogens with zero attached hydrogens (tertiary/aromatic N) is 1. The van der Waals surface area contributed by atoms with E-state index in [9.17, 15) is 0 Å². The predicted octanol–water partition coefficient (Wildman–Crippen LogP) is 5.10. The van der Waals surface area contributed by atoms with Gasteiger partial charge >= 0.3 is 0 Å². The zero-order valence-electron chi connectivity index (χ0n) is 12.2. The fraction of sp³-hybridized carbons (Fsp3) is 0.471. The van der Waals surface area contributed by atoms with Crippen LogP contribution in [0.4, 0.5) is 0 Å². The lowest BCUT2D eigenvalue weighted by Crippen LogP contribution is -2.02. The smallest absolute Gasteiger partial charge is 0.0191 e. The lowest BCUT2D eigenvalue weighted by Gasteiger charge is -2.18. The molecule has 18 heavy (non-hydrogen) atoms. The Morgan fingerprint density at radius 3 is 2.44 bits per heavy atom. The van der Waals surface area contributed by atoms with E-state index in [1.807, 2.05) is 6.21 Å². The van der Waals surface area contributed by atoms with Gasteiger partial charge < -0.3 is 0 Å². The van der Waals surface area contributed by atoms with Gasteiger partial charge in [-0.15, -0.1) is 0 Å². The van der Waals surface area contributed by atoms with E-state index in [1.54, 1.807) is 6.20 Å². The van der Waals surface area contributed by atoms with Crippen LogP contribution in [0.1, 0.15) is 54.4 Å². The van der Waals surface area contributed by atoms with Crippen LogP contribution >= 0.6 is 0 Å². The zero-order valence-corrected chi connectivity index (χ0v) is 12.2. The molecule has 0 fully saturated rings. The van der Waals surface area contributed by atoms with E-state index in [1.165, 1.54) is 28.7 Å². The van der Waals surface area contributed by atoms with Crippen LogP contribution < -0.4 is 0 Å². The van der Waals surface area contributed by atoms with Gasteiger partial charge in [-0.25, -0.2) is 0 Å². The first kappa shape index (κ1) is 14.7. The molecule has 1 rings (SSSR count).